The lowest BCUT2D eigenvalue weighted by atomic mass is 10.1. The Morgan fingerprint density at radius 2 is 1.87 bits per heavy atom. The Hall–Kier alpha value is -2.86. The van der Waals surface area contributed by atoms with Crippen molar-refractivity contribution < 1.29 is 4.79 Å². The molecule has 2 aromatic heterocycles. The van der Waals surface area contributed by atoms with E-state index < -0.39 is 0 Å². The van der Waals surface area contributed by atoms with Crippen molar-refractivity contribution in [2.75, 3.05) is 0 Å². The zero-order chi connectivity index (χ0) is 20.7. The molecule has 0 bridgehead atoms. The topological polar surface area (TPSA) is 63.6 Å². The number of thioether (sulfide) groups is 1. The second kappa shape index (κ2) is 7.76. The quantitative estimate of drug-likeness (QED) is 0.325. The van der Waals surface area contributed by atoms with Crippen molar-refractivity contribution in [3.8, 4) is 0 Å². The van der Waals surface area contributed by atoms with E-state index in [9.17, 15) is 4.79 Å². The van der Waals surface area contributed by atoms with Crippen LogP contribution in [0.2, 0.25) is 0 Å². The number of fused-ring (bicyclic) bond motifs is 1. The minimum atomic E-state index is -0.256. The number of aryl methyl sites for hydroxylation is 1. The molecule has 1 atom stereocenters. The highest BCUT2D eigenvalue weighted by Gasteiger charge is 2.32. The number of nitrogens with zero attached hydrogens (tertiary/aromatic N) is 3. The van der Waals surface area contributed by atoms with Crippen LogP contribution in [0.25, 0.3) is 10.9 Å². The smallest absolute Gasteiger partial charge is 0.192 e. The van der Waals surface area contributed by atoms with Gasteiger partial charge in [-0.25, -0.2) is 0 Å². The van der Waals surface area contributed by atoms with E-state index in [4.69, 9.17) is 0 Å². The number of aromatic amines is 1. The summed E-state index contributed by atoms with van der Waals surface area (Å²) in [7, 11) is 0. The van der Waals surface area contributed by atoms with E-state index in [-0.39, 0.29) is 11.0 Å². The molecule has 0 saturated heterocycles. The molecule has 1 saturated carbocycles. The molecule has 0 radical (unpaired) electrons. The molecule has 0 aliphatic heterocycles. The first-order chi connectivity index (χ1) is 14.6. The Morgan fingerprint density at radius 1 is 1.13 bits per heavy atom. The summed E-state index contributed by atoms with van der Waals surface area (Å²) in [6, 6.07) is 18.3. The molecule has 1 N–H and O–H groups in total. The number of carbonyl (C=O) groups is 1. The molecule has 1 aliphatic rings. The van der Waals surface area contributed by atoms with E-state index in [0.29, 0.717) is 5.92 Å². The average Bonchev–Trinajstić information content (AvgIpc) is 3.44. The molecule has 5 rings (SSSR count). The van der Waals surface area contributed by atoms with E-state index in [1.807, 2.05) is 44.2 Å². The van der Waals surface area contributed by atoms with Crippen LogP contribution >= 0.6 is 11.8 Å². The van der Waals surface area contributed by atoms with Crippen molar-refractivity contribution in [3.05, 3.63) is 77.2 Å². The number of H-pyrrole nitrogens is 1. The van der Waals surface area contributed by atoms with Crippen molar-refractivity contribution in [2.45, 2.75) is 49.6 Å². The second-order valence-electron chi connectivity index (χ2n) is 7.98. The third-order valence-corrected chi connectivity index (χ3v) is 6.74. The normalized spacial score (nSPS) is 14.9. The van der Waals surface area contributed by atoms with Crippen LogP contribution in [-0.2, 0) is 6.54 Å². The van der Waals surface area contributed by atoms with Crippen LogP contribution in [0.1, 0.15) is 53.1 Å². The van der Waals surface area contributed by atoms with Crippen LogP contribution in [0.3, 0.4) is 0 Å². The molecular weight excluding hydrogens is 392 g/mol. The molecular formula is C24H24N4OS. The molecule has 1 unspecified atom stereocenters. The van der Waals surface area contributed by atoms with Gasteiger partial charge in [-0.15, -0.1) is 10.2 Å². The van der Waals surface area contributed by atoms with Gasteiger partial charge in [-0.05, 0) is 38.3 Å². The highest BCUT2D eigenvalue weighted by Crippen LogP contribution is 2.41. The van der Waals surface area contributed by atoms with Gasteiger partial charge in [0.15, 0.2) is 10.9 Å². The largest absolute Gasteiger partial charge is 0.358 e. The molecule has 2 heterocycles. The molecule has 1 aliphatic carbocycles. The fourth-order valence-electron chi connectivity index (χ4n) is 3.95. The maximum Gasteiger partial charge on any atom is 0.192 e. The predicted octanol–water partition coefficient (Wildman–Crippen LogP) is 5.36. The van der Waals surface area contributed by atoms with Gasteiger partial charge < -0.3 is 9.55 Å². The summed E-state index contributed by atoms with van der Waals surface area (Å²) in [5.41, 5.74) is 3.91. The predicted molar refractivity (Wildman–Crippen MR) is 120 cm³/mol. The van der Waals surface area contributed by atoms with Gasteiger partial charge in [0.25, 0.3) is 0 Å². The number of carbonyl (C=O) groups excluding carboxylic acids is 1. The zero-order valence-electron chi connectivity index (χ0n) is 17.1. The molecule has 5 nitrogen and oxygen atoms in total. The monoisotopic (exact) mass is 416 g/mol. The zero-order valence-corrected chi connectivity index (χ0v) is 17.9. The lowest BCUT2D eigenvalue weighted by molar-refractivity contribution is 0.0995. The number of rotatable bonds is 7. The molecule has 0 spiro atoms. The lowest BCUT2D eigenvalue weighted by Crippen LogP contribution is -2.16. The van der Waals surface area contributed by atoms with Crippen LogP contribution in [-0.4, -0.2) is 30.8 Å². The first kappa shape index (κ1) is 19.1. The van der Waals surface area contributed by atoms with E-state index in [2.05, 4.69) is 44.0 Å². The minimum Gasteiger partial charge on any atom is -0.358 e. The maximum atomic E-state index is 13.4. The van der Waals surface area contributed by atoms with Crippen LogP contribution in [0, 0.1) is 6.92 Å². The van der Waals surface area contributed by atoms with Gasteiger partial charge in [0.2, 0.25) is 0 Å². The van der Waals surface area contributed by atoms with Crippen LogP contribution < -0.4 is 0 Å². The van der Waals surface area contributed by atoms with Crippen molar-refractivity contribution in [2.24, 2.45) is 0 Å². The van der Waals surface area contributed by atoms with E-state index >= 15 is 0 Å². The summed E-state index contributed by atoms with van der Waals surface area (Å²) in [5, 5.41) is 10.5. The molecule has 152 valence electrons. The van der Waals surface area contributed by atoms with Crippen LogP contribution in [0.5, 0.6) is 0 Å². The fraction of sp³-hybridized carbons (Fsp3) is 0.292. The molecule has 6 heteroatoms. The van der Waals surface area contributed by atoms with E-state index in [1.54, 1.807) is 0 Å². The van der Waals surface area contributed by atoms with Crippen molar-refractivity contribution in [1.82, 2.24) is 19.7 Å². The molecule has 1 fully saturated rings. The second-order valence-corrected chi connectivity index (χ2v) is 9.29. The van der Waals surface area contributed by atoms with E-state index in [1.165, 1.54) is 30.2 Å². The highest BCUT2D eigenvalue weighted by molar-refractivity contribution is 8.00. The first-order valence-electron chi connectivity index (χ1n) is 10.4. The minimum absolute atomic E-state index is 0.122. The Balaban J connectivity index is 1.44. The van der Waals surface area contributed by atoms with E-state index in [0.717, 1.165) is 39.7 Å². The number of hydrogen-bond acceptors (Lipinski definition) is 4. The number of Topliss-reactive ketones (excluding diaryl/α,β-unsaturated/α-hetero) is 1. The Bertz CT molecular complexity index is 1210. The first-order valence-corrected chi connectivity index (χ1v) is 11.2. The third-order valence-electron chi connectivity index (χ3n) is 5.66. The number of para-hydroxylation sites is 1. The third kappa shape index (κ3) is 3.56. The molecule has 0 amide bonds. The number of hydrogen-bond donors (Lipinski definition) is 1. The van der Waals surface area contributed by atoms with Gasteiger partial charge in [-0.2, -0.15) is 0 Å². The maximum absolute atomic E-state index is 13.4. The summed E-state index contributed by atoms with van der Waals surface area (Å²) in [5.74, 6) is 1.67. The highest BCUT2D eigenvalue weighted by atomic mass is 32.2. The Labute approximate surface area is 179 Å². The number of ketones is 1. The van der Waals surface area contributed by atoms with Crippen LogP contribution in [0.15, 0.2) is 59.8 Å². The standard InChI is InChI=1S/C24H24N4OS/c1-15-21(19-10-6-7-11-20(19)25-15)22(29)16(2)30-24-27-26-23(18-12-13-18)28(24)14-17-8-4-3-5-9-17/h3-11,16,18,25H,12-14H2,1-2H3. The number of benzene rings is 2. The van der Waals surface area contributed by atoms with Crippen molar-refractivity contribution >= 4 is 28.4 Å². The van der Waals surface area contributed by atoms with Gasteiger partial charge in [0.1, 0.15) is 5.82 Å². The Morgan fingerprint density at radius 3 is 2.63 bits per heavy atom. The number of nitrogens with one attached hydrogen (secondary N) is 1. The van der Waals surface area contributed by atoms with Gasteiger partial charge in [-0.1, -0.05) is 60.3 Å². The molecule has 2 aromatic carbocycles. The summed E-state index contributed by atoms with van der Waals surface area (Å²) in [6.07, 6.45) is 2.33. The summed E-state index contributed by atoms with van der Waals surface area (Å²) in [6.45, 7) is 4.66. The summed E-state index contributed by atoms with van der Waals surface area (Å²) in [4.78, 5) is 16.7. The van der Waals surface area contributed by atoms with Crippen molar-refractivity contribution in [3.63, 3.8) is 0 Å². The molecule has 30 heavy (non-hydrogen) atoms. The Kier molecular flexibility index (Phi) is 4.95. The number of aromatic nitrogens is 4. The SMILES string of the molecule is Cc1[nH]c2ccccc2c1C(=O)C(C)Sc1nnc(C2CC2)n1Cc1ccccc1. The summed E-state index contributed by atoms with van der Waals surface area (Å²) >= 11 is 1.50. The summed E-state index contributed by atoms with van der Waals surface area (Å²) < 4.78 is 2.20. The lowest BCUT2D eigenvalue weighted by Gasteiger charge is -2.13. The van der Waals surface area contributed by atoms with Crippen LogP contribution in [0.4, 0.5) is 0 Å². The van der Waals surface area contributed by atoms with Crippen molar-refractivity contribution in [1.29, 1.82) is 0 Å². The van der Waals surface area contributed by atoms with Gasteiger partial charge in [-0.3, -0.25) is 4.79 Å². The van der Waals surface area contributed by atoms with Gasteiger partial charge in [0, 0.05) is 28.1 Å². The molecule has 4 aromatic rings. The van der Waals surface area contributed by atoms with Gasteiger partial charge in [0.05, 0.1) is 11.8 Å². The fourth-order valence-corrected chi connectivity index (χ4v) is 4.87. The average molecular weight is 417 g/mol. The van der Waals surface area contributed by atoms with Gasteiger partial charge >= 0.3 is 0 Å².